The standard InChI is InChI=1S/C13H18BrN3O/c14-10-4-5-11(16-9-10)17-12(18)8-13(15)6-2-1-3-7-13/h4-5,9H,1-3,6-8,15H2,(H,16,17,18). The smallest absolute Gasteiger partial charge is 0.227 e. The number of aromatic nitrogens is 1. The van der Waals surface area contributed by atoms with Crippen LogP contribution in [0.25, 0.3) is 0 Å². The molecule has 1 aromatic heterocycles. The summed E-state index contributed by atoms with van der Waals surface area (Å²) in [7, 11) is 0. The van der Waals surface area contributed by atoms with E-state index in [4.69, 9.17) is 5.73 Å². The largest absolute Gasteiger partial charge is 0.325 e. The second kappa shape index (κ2) is 5.80. The van der Waals surface area contributed by atoms with Crippen molar-refractivity contribution in [2.24, 2.45) is 5.73 Å². The van der Waals surface area contributed by atoms with Crippen LogP contribution < -0.4 is 11.1 Å². The first-order valence-corrected chi connectivity index (χ1v) is 7.07. The molecule has 18 heavy (non-hydrogen) atoms. The molecule has 1 saturated carbocycles. The van der Waals surface area contributed by atoms with Crippen LogP contribution in [0.2, 0.25) is 0 Å². The maximum Gasteiger partial charge on any atom is 0.227 e. The first-order valence-electron chi connectivity index (χ1n) is 6.28. The van der Waals surface area contributed by atoms with Gasteiger partial charge in [-0.05, 0) is 40.9 Å². The van der Waals surface area contributed by atoms with Crippen molar-refractivity contribution in [1.29, 1.82) is 0 Å². The van der Waals surface area contributed by atoms with E-state index < -0.39 is 0 Å². The monoisotopic (exact) mass is 311 g/mol. The molecule has 98 valence electrons. The van der Waals surface area contributed by atoms with Crippen LogP contribution in [0.5, 0.6) is 0 Å². The van der Waals surface area contributed by atoms with Crippen LogP contribution in [0.15, 0.2) is 22.8 Å². The third kappa shape index (κ3) is 3.78. The summed E-state index contributed by atoms with van der Waals surface area (Å²) in [6, 6.07) is 3.62. The number of nitrogens with zero attached hydrogens (tertiary/aromatic N) is 1. The highest BCUT2D eigenvalue weighted by Crippen LogP contribution is 2.28. The molecule has 3 N–H and O–H groups in total. The van der Waals surface area contributed by atoms with Crippen LogP contribution in [-0.4, -0.2) is 16.4 Å². The van der Waals surface area contributed by atoms with Gasteiger partial charge in [0, 0.05) is 22.6 Å². The minimum Gasteiger partial charge on any atom is -0.325 e. The van der Waals surface area contributed by atoms with Crippen molar-refractivity contribution in [1.82, 2.24) is 4.98 Å². The van der Waals surface area contributed by atoms with Crippen LogP contribution in [0, 0.1) is 0 Å². The minimum atomic E-state index is -0.322. The maximum atomic E-state index is 11.9. The summed E-state index contributed by atoms with van der Waals surface area (Å²) in [4.78, 5) is 16.0. The molecule has 0 unspecified atom stereocenters. The number of carbonyl (C=O) groups is 1. The summed E-state index contributed by atoms with van der Waals surface area (Å²) >= 11 is 3.30. The molecular weight excluding hydrogens is 294 g/mol. The van der Waals surface area contributed by atoms with E-state index in [0.29, 0.717) is 12.2 Å². The fourth-order valence-electron chi connectivity index (χ4n) is 2.39. The van der Waals surface area contributed by atoms with E-state index in [9.17, 15) is 4.79 Å². The maximum absolute atomic E-state index is 11.9. The van der Waals surface area contributed by atoms with Gasteiger partial charge in [-0.15, -0.1) is 0 Å². The Morgan fingerprint density at radius 1 is 1.39 bits per heavy atom. The average Bonchev–Trinajstić information content (AvgIpc) is 2.32. The molecule has 0 aliphatic heterocycles. The molecule has 4 nitrogen and oxygen atoms in total. The van der Waals surface area contributed by atoms with E-state index in [1.807, 2.05) is 6.07 Å². The van der Waals surface area contributed by atoms with Gasteiger partial charge in [0.05, 0.1) is 0 Å². The Morgan fingerprint density at radius 2 is 2.11 bits per heavy atom. The third-order valence-corrected chi connectivity index (χ3v) is 3.83. The van der Waals surface area contributed by atoms with E-state index in [1.165, 1.54) is 6.42 Å². The number of nitrogens with two attached hydrogens (primary N) is 1. The van der Waals surface area contributed by atoms with Gasteiger partial charge in [0.2, 0.25) is 5.91 Å². The molecule has 0 radical (unpaired) electrons. The SMILES string of the molecule is NC1(CC(=O)Nc2ccc(Br)cn2)CCCCC1. The second-order valence-electron chi connectivity index (χ2n) is 5.01. The number of hydrogen-bond donors (Lipinski definition) is 2. The molecule has 5 heteroatoms. The zero-order valence-corrected chi connectivity index (χ0v) is 11.9. The number of pyridine rings is 1. The summed E-state index contributed by atoms with van der Waals surface area (Å²) in [5.74, 6) is 0.525. The molecular formula is C13H18BrN3O. The molecule has 0 aromatic carbocycles. The van der Waals surface area contributed by atoms with E-state index in [-0.39, 0.29) is 11.4 Å². The van der Waals surface area contributed by atoms with E-state index >= 15 is 0 Å². The third-order valence-electron chi connectivity index (χ3n) is 3.36. The highest BCUT2D eigenvalue weighted by molar-refractivity contribution is 9.10. The highest BCUT2D eigenvalue weighted by Gasteiger charge is 2.29. The number of amides is 1. The Hall–Kier alpha value is -0.940. The van der Waals surface area contributed by atoms with Crippen molar-refractivity contribution >= 4 is 27.7 Å². The molecule has 1 amide bonds. The van der Waals surface area contributed by atoms with Crippen molar-refractivity contribution in [3.63, 3.8) is 0 Å². The van der Waals surface area contributed by atoms with Gasteiger partial charge in [-0.2, -0.15) is 0 Å². The Morgan fingerprint density at radius 3 is 2.72 bits per heavy atom. The summed E-state index contributed by atoms with van der Waals surface area (Å²) in [6.45, 7) is 0. The zero-order valence-electron chi connectivity index (χ0n) is 10.3. The Kier molecular flexibility index (Phi) is 4.35. The zero-order chi connectivity index (χ0) is 13.0. The molecule has 0 bridgehead atoms. The van der Waals surface area contributed by atoms with Crippen LogP contribution >= 0.6 is 15.9 Å². The predicted octanol–water partition coefficient (Wildman–Crippen LogP) is 2.83. The molecule has 1 aromatic rings. The molecule has 1 aliphatic rings. The summed E-state index contributed by atoms with van der Waals surface area (Å²) < 4.78 is 0.892. The van der Waals surface area contributed by atoms with Gasteiger partial charge in [0.1, 0.15) is 5.82 Å². The number of nitrogens with one attached hydrogen (secondary N) is 1. The fourth-order valence-corrected chi connectivity index (χ4v) is 2.62. The fraction of sp³-hybridized carbons (Fsp3) is 0.538. The molecule has 1 heterocycles. The van der Waals surface area contributed by atoms with E-state index in [0.717, 1.165) is 30.2 Å². The number of anilines is 1. The van der Waals surface area contributed by atoms with E-state index in [2.05, 4.69) is 26.2 Å². The number of carbonyl (C=O) groups excluding carboxylic acids is 1. The lowest BCUT2D eigenvalue weighted by molar-refractivity contribution is -0.117. The van der Waals surface area contributed by atoms with Crippen molar-refractivity contribution in [3.05, 3.63) is 22.8 Å². The minimum absolute atomic E-state index is 0.0470. The van der Waals surface area contributed by atoms with Gasteiger partial charge in [-0.3, -0.25) is 4.79 Å². The van der Waals surface area contributed by atoms with Gasteiger partial charge in [-0.1, -0.05) is 19.3 Å². The van der Waals surface area contributed by atoms with Crippen molar-refractivity contribution in [2.75, 3.05) is 5.32 Å². The molecule has 0 saturated heterocycles. The topological polar surface area (TPSA) is 68.0 Å². The number of hydrogen-bond acceptors (Lipinski definition) is 3. The quantitative estimate of drug-likeness (QED) is 0.902. The van der Waals surface area contributed by atoms with Crippen molar-refractivity contribution < 1.29 is 4.79 Å². The van der Waals surface area contributed by atoms with Crippen LogP contribution in [-0.2, 0) is 4.79 Å². The first kappa shape index (κ1) is 13.5. The summed E-state index contributed by atoms with van der Waals surface area (Å²) in [5.41, 5.74) is 5.93. The molecule has 1 aliphatic carbocycles. The van der Waals surface area contributed by atoms with Gasteiger partial charge >= 0.3 is 0 Å². The van der Waals surface area contributed by atoms with Gasteiger partial charge in [0.15, 0.2) is 0 Å². The molecule has 0 spiro atoms. The average molecular weight is 312 g/mol. The van der Waals surface area contributed by atoms with Gasteiger partial charge < -0.3 is 11.1 Å². The van der Waals surface area contributed by atoms with Crippen LogP contribution in [0.1, 0.15) is 38.5 Å². The lowest BCUT2D eigenvalue weighted by atomic mass is 9.80. The lowest BCUT2D eigenvalue weighted by Gasteiger charge is -2.32. The predicted molar refractivity (Wildman–Crippen MR) is 75.2 cm³/mol. The number of rotatable bonds is 3. The summed E-state index contributed by atoms with van der Waals surface area (Å²) in [5, 5.41) is 2.79. The second-order valence-corrected chi connectivity index (χ2v) is 5.93. The Labute approximate surface area is 115 Å². The Balaban J connectivity index is 1.90. The number of halogens is 1. The summed E-state index contributed by atoms with van der Waals surface area (Å²) in [6.07, 6.45) is 7.40. The molecule has 0 atom stereocenters. The van der Waals surface area contributed by atoms with E-state index in [1.54, 1.807) is 12.3 Å². The van der Waals surface area contributed by atoms with Gasteiger partial charge in [0.25, 0.3) is 0 Å². The highest BCUT2D eigenvalue weighted by atomic mass is 79.9. The Bertz CT molecular complexity index is 413. The normalized spacial score (nSPS) is 18.3. The van der Waals surface area contributed by atoms with Crippen LogP contribution in [0.3, 0.4) is 0 Å². The molecule has 2 rings (SSSR count). The van der Waals surface area contributed by atoms with Gasteiger partial charge in [-0.25, -0.2) is 4.98 Å². The van der Waals surface area contributed by atoms with Crippen molar-refractivity contribution in [3.8, 4) is 0 Å². The van der Waals surface area contributed by atoms with Crippen LogP contribution in [0.4, 0.5) is 5.82 Å². The molecule has 1 fully saturated rings. The van der Waals surface area contributed by atoms with Crippen molar-refractivity contribution in [2.45, 2.75) is 44.1 Å². The first-order chi connectivity index (χ1) is 8.57. The lowest BCUT2D eigenvalue weighted by Crippen LogP contribution is -2.44.